The molecule has 0 unspecified atom stereocenters. The summed E-state index contributed by atoms with van der Waals surface area (Å²) in [7, 11) is 0. The van der Waals surface area contributed by atoms with Crippen molar-refractivity contribution in [1.29, 1.82) is 0 Å². The zero-order chi connectivity index (χ0) is 12.7. The second-order valence-electron chi connectivity index (χ2n) is 2.93. The van der Waals surface area contributed by atoms with Crippen LogP contribution < -0.4 is 5.73 Å². The summed E-state index contributed by atoms with van der Waals surface area (Å²) in [4.78, 5) is 19.4. The van der Waals surface area contributed by atoms with Crippen molar-refractivity contribution in [2.45, 2.75) is 19.0 Å². The molecule has 1 rings (SSSR count). The van der Waals surface area contributed by atoms with Crippen LogP contribution in [0.4, 0.5) is 5.82 Å². The Kier molecular flexibility index (Phi) is 5.71. The highest BCUT2D eigenvalue weighted by Crippen LogP contribution is 2.16. The monoisotopic (exact) mass is 257 g/mol. The third-order valence-corrected chi connectivity index (χ3v) is 2.51. The number of anilines is 1. The Bertz CT molecular complexity index is 387. The van der Waals surface area contributed by atoms with Crippen molar-refractivity contribution in [2.75, 3.05) is 24.9 Å². The summed E-state index contributed by atoms with van der Waals surface area (Å²) in [6, 6.07) is 0. The average molecular weight is 257 g/mol. The molecule has 0 amide bonds. The topological polar surface area (TPSA) is 87.3 Å². The number of carbonyl (C=O) groups is 1. The zero-order valence-electron chi connectivity index (χ0n) is 9.80. The third-order valence-electron chi connectivity index (χ3n) is 1.77. The van der Waals surface area contributed by atoms with Crippen LogP contribution in [-0.2, 0) is 9.47 Å². The van der Waals surface area contributed by atoms with Crippen molar-refractivity contribution in [1.82, 2.24) is 9.97 Å². The number of thioether (sulfide) groups is 1. The number of carbonyl (C=O) groups excluding carboxylic acids is 1. The number of rotatable bonds is 6. The molecule has 0 radical (unpaired) electrons. The largest absolute Gasteiger partial charge is 0.462 e. The SMILES string of the molecule is CCOCSc1ncc(C(=O)OCC)c(N)n1. The van der Waals surface area contributed by atoms with E-state index in [9.17, 15) is 4.79 Å². The van der Waals surface area contributed by atoms with Crippen LogP contribution in [0, 0.1) is 0 Å². The van der Waals surface area contributed by atoms with E-state index in [2.05, 4.69) is 9.97 Å². The molecule has 0 saturated heterocycles. The van der Waals surface area contributed by atoms with Crippen molar-refractivity contribution in [3.8, 4) is 0 Å². The minimum absolute atomic E-state index is 0.123. The Morgan fingerprint density at radius 1 is 1.47 bits per heavy atom. The molecule has 0 bridgehead atoms. The van der Waals surface area contributed by atoms with Crippen LogP contribution >= 0.6 is 11.8 Å². The van der Waals surface area contributed by atoms with Gasteiger partial charge in [-0.3, -0.25) is 0 Å². The summed E-state index contributed by atoms with van der Waals surface area (Å²) in [6.45, 7) is 4.55. The fourth-order valence-electron chi connectivity index (χ4n) is 0.991. The molecule has 1 heterocycles. The van der Waals surface area contributed by atoms with Gasteiger partial charge in [-0.05, 0) is 13.8 Å². The smallest absolute Gasteiger partial charge is 0.343 e. The summed E-state index contributed by atoms with van der Waals surface area (Å²) in [6.07, 6.45) is 1.37. The highest BCUT2D eigenvalue weighted by molar-refractivity contribution is 7.99. The van der Waals surface area contributed by atoms with E-state index in [-0.39, 0.29) is 11.4 Å². The number of nitrogens with zero attached hydrogens (tertiary/aromatic N) is 2. The van der Waals surface area contributed by atoms with Crippen molar-refractivity contribution >= 4 is 23.5 Å². The van der Waals surface area contributed by atoms with Crippen LogP contribution in [0.15, 0.2) is 11.4 Å². The Balaban J connectivity index is 2.68. The first-order valence-electron chi connectivity index (χ1n) is 5.19. The second-order valence-corrected chi connectivity index (χ2v) is 3.82. The molecule has 94 valence electrons. The molecular weight excluding hydrogens is 242 g/mol. The second kappa shape index (κ2) is 7.08. The standard InChI is InChI=1S/C10H15N3O3S/c1-3-15-6-17-10-12-5-7(8(11)13-10)9(14)16-4-2/h5H,3-4,6H2,1-2H3,(H2,11,12,13). The van der Waals surface area contributed by atoms with Crippen LogP contribution in [0.3, 0.4) is 0 Å². The summed E-state index contributed by atoms with van der Waals surface area (Å²) in [5.74, 6) is 0.0677. The molecule has 0 aliphatic heterocycles. The van der Waals surface area contributed by atoms with Crippen molar-refractivity contribution < 1.29 is 14.3 Å². The Labute approximate surface area is 104 Å². The summed E-state index contributed by atoms with van der Waals surface area (Å²) >= 11 is 1.32. The quantitative estimate of drug-likeness (QED) is 0.270. The fourth-order valence-corrected chi connectivity index (χ4v) is 1.64. The molecule has 0 atom stereocenters. The number of ether oxygens (including phenoxy) is 2. The molecule has 0 saturated carbocycles. The van der Waals surface area contributed by atoms with E-state index in [0.29, 0.717) is 24.3 Å². The van der Waals surface area contributed by atoms with Gasteiger partial charge in [-0.25, -0.2) is 14.8 Å². The minimum Gasteiger partial charge on any atom is -0.462 e. The molecule has 1 aromatic heterocycles. The minimum atomic E-state index is -0.508. The fraction of sp³-hybridized carbons (Fsp3) is 0.500. The molecule has 2 N–H and O–H groups in total. The molecule has 0 fully saturated rings. The average Bonchev–Trinajstić information content (AvgIpc) is 2.29. The molecule has 0 aromatic carbocycles. The van der Waals surface area contributed by atoms with Gasteiger partial charge in [0, 0.05) is 12.8 Å². The van der Waals surface area contributed by atoms with Gasteiger partial charge in [-0.15, -0.1) is 0 Å². The van der Waals surface area contributed by atoms with Gasteiger partial charge in [-0.2, -0.15) is 0 Å². The van der Waals surface area contributed by atoms with E-state index in [1.165, 1.54) is 18.0 Å². The lowest BCUT2D eigenvalue weighted by Gasteiger charge is -2.05. The van der Waals surface area contributed by atoms with E-state index in [4.69, 9.17) is 15.2 Å². The van der Waals surface area contributed by atoms with E-state index >= 15 is 0 Å². The third kappa shape index (κ3) is 4.20. The van der Waals surface area contributed by atoms with Gasteiger partial charge in [0.05, 0.1) is 12.5 Å². The highest BCUT2D eigenvalue weighted by atomic mass is 32.2. The molecule has 0 aliphatic rings. The maximum atomic E-state index is 11.4. The Hall–Kier alpha value is -1.34. The predicted molar refractivity (Wildman–Crippen MR) is 64.8 cm³/mol. The van der Waals surface area contributed by atoms with Gasteiger partial charge in [0.1, 0.15) is 11.4 Å². The Morgan fingerprint density at radius 2 is 2.24 bits per heavy atom. The number of nitrogen functional groups attached to an aromatic ring is 1. The first-order valence-corrected chi connectivity index (χ1v) is 6.17. The lowest BCUT2D eigenvalue weighted by molar-refractivity contribution is 0.0526. The van der Waals surface area contributed by atoms with Gasteiger partial charge >= 0.3 is 5.97 Å². The van der Waals surface area contributed by atoms with Crippen molar-refractivity contribution in [3.05, 3.63) is 11.8 Å². The van der Waals surface area contributed by atoms with Gasteiger partial charge in [0.2, 0.25) is 0 Å². The molecule has 6 nitrogen and oxygen atoms in total. The molecule has 0 aliphatic carbocycles. The molecular formula is C10H15N3O3S. The van der Waals surface area contributed by atoms with Gasteiger partial charge < -0.3 is 15.2 Å². The predicted octanol–water partition coefficient (Wildman–Crippen LogP) is 1.32. The molecule has 7 heteroatoms. The zero-order valence-corrected chi connectivity index (χ0v) is 10.6. The number of hydrogen-bond acceptors (Lipinski definition) is 7. The lowest BCUT2D eigenvalue weighted by atomic mass is 10.3. The first kappa shape index (κ1) is 13.7. The van der Waals surface area contributed by atoms with Crippen molar-refractivity contribution in [3.63, 3.8) is 0 Å². The molecule has 0 spiro atoms. The summed E-state index contributed by atoms with van der Waals surface area (Å²) in [5, 5.41) is 0.476. The maximum absolute atomic E-state index is 11.4. The summed E-state index contributed by atoms with van der Waals surface area (Å²) < 4.78 is 9.96. The van der Waals surface area contributed by atoms with Crippen LogP contribution in [0.2, 0.25) is 0 Å². The number of nitrogens with two attached hydrogens (primary N) is 1. The number of aromatic nitrogens is 2. The van der Waals surface area contributed by atoms with Gasteiger partial charge in [0.15, 0.2) is 5.16 Å². The van der Waals surface area contributed by atoms with Crippen LogP contribution in [-0.4, -0.2) is 35.1 Å². The van der Waals surface area contributed by atoms with Crippen molar-refractivity contribution in [2.24, 2.45) is 0 Å². The molecule has 17 heavy (non-hydrogen) atoms. The molecule has 1 aromatic rings. The number of hydrogen-bond donors (Lipinski definition) is 1. The van der Waals surface area contributed by atoms with Crippen LogP contribution in [0.1, 0.15) is 24.2 Å². The van der Waals surface area contributed by atoms with Crippen LogP contribution in [0.5, 0.6) is 0 Å². The number of esters is 1. The normalized spacial score (nSPS) is 10.2. The Morgan fingerprint density at radius 3 is 2.82 bits per heavy atom. The van der Waals surface area contributed by atoms with Gasteiger partial charge in [0.25, 0.3) is 0 Å². The van der Waals surface area contributed by atoms with E-state index in [0.717, 1.165) is 0 Å². The van der Waals surface area contributed by atoms with Crippen LogP contribution in [0.25, 0.3) is 0 Å². The van der Waals surface area contributed by atoms with E-state index in [1.807, 2.05) is 6.92 Å². The van der Waals surface area contributed by atoms with E-state index in [1.54, 1.807) is 6.92 Å². The lowest BCUT2D eigenvalue weighted by Crippen LogP contribution is -2.10. The van der Waals surface area contributed by atoms with Gasteiger partial charge in [-0.1, -0.05) is 11.8 Å². The first-order chi connectivity index (χ1) is 8.19. The van der Waals surface area contributed by atoms with E-state index < -0.39 is 5.97 Å². The summed E-state index contributed by atoms with van der Waals surface area (Å²) in [5.41, 5.74) is 5.84. The highest BCUT2D eigenvalue weighted by Gasteiger charge is 2.13. The maximum Gasteiger partial charge on any atom is 0.343 e.